The van der Waals surface area contributed by atoms with Gasteiger partial charge in [0.15, 0.2) is 0 Å². The Bertz CT molecular complexity index is 888. The lowest BCUT2D eigenvalue weighted by Gasteiger charge is -2.18. The van der Waals surface area contributed by atoms with Gasteiger partial charge in [-0.25, -0.2) is 9.18 Å². The van der Waals surface area contributed by atoms with Crippen LogP contribution in [0.1, 0.15) is 81.3 Å². The zero-order chi connectivity index (χ0) is 21.9. The van der Waals surface area contributed by atoms with Gasteiger partial charge in [0.2, 0.25) is 0 Å². The van der Waals surface area contributed by atoms with Crippen LogP contribution in [0.15, 0.2) is 35.1 Å². The molecule has 0 unspecified atom stereocenters. The van der Waals surface area contributed by atoms with E-state index in [2.05, 4.69) is 6.92 Å². The number of nitrogens with zero attached hydrogens (tertiary/aromatic N) is 1. The third kappa shape index (κ3) is 6.28. The Balaban J connectivity index is 2.28. The Morgan fingerprint density at radius 2 is 1.60 bits per heavy atom. The molecule has 5 heteroatoms. The van der Waals surface area contributed by atoms with Crippen LogP contribution in [0.2, 0.25) is 0 Å². The fourth-order valence-corrected chi connectivity index (χ4v) is 3.79. The minimum atomic E-state index is -0.513. The van der Waals surface area contributed by atoms with Gasteiger partial charge < -0.3 is 9.30 Å². The summed E-state index contributed by atoms with van der Waals surface area (Å²) in [6, 6.07) is 7.54. The summed E-state index contributed by atoms with van der Waals surface area (Å²) in [7, 11) is 1.66. The fraction of sp³-hybridized carbons (Fsp3) is 0.520. The smallest absolute Gasteiger partial charge is 0.340 e. The first kappa shape index (κ1) is 23.8. The SMILES string of the molecule is CCCCCCCCCCc1c(C(=O)OCC)c(-c2ccccc2F)cc(=O)n1C. The van der Waals surface area contributed by atoms with Gasteiger partial charge in [-0.3, -0.25) is 4.79 Å². The van der Waals surface area contributed by atoms with Crippen molar-refractivity contribution in [3.8, 4) is 11.1 Å². The Labute approximate surface area is 179 Å². The Morgan fingerprint density at radius 3 is 2.23 bits per heavy atom. The molecule has 1 heterocycles. The first-order chi connectivity index (χ1) is 14.5. The van der Waals surface area contributed by atoms with E-state index >= 15 is 0 Å². The topological polar surface area (TPSA) is 48.3 Å². The molecule has 0 fully saturated rings. The largest absolute Gasteiger partial charge is 0.462 e. The van der Waals surface area contributed by atoms with Gasteiger partial charge in [-0.05, 0) is 25.8 Å². The van der Waals surface area contributed by atoms with Gasteiger partial charge in [0.25, 0.3) is 5.56 Å². The quantitative estimate of drug-likeness (QED) is 0.313. The Hall–Kier alpha value is -2.43. The number of pyridine rings is 1. The second-order valence-electron chi connectivity index (χ2n) is 7.70. The van der Waals surface area contributed by atoms with Crippen LogP contribution in [0.3, 0.4) is 0 Å². The highest BCUT2D eigenvalue weighted by atomic mass is 19.1. The molecule has 0 amide bonds. The average molecular weight is 416 g/mol. The average Bonchev–Trinajstić information content (AvgIpc) is 2.73. The number of unbranched alkanes of at least 4 members (excludes halogenated alkanes) is 7. The molecule has 0 aliphatic rings. The predicted octanol–water partition coefficient (Wildman–Crippen LogP) is 6.05. The van der Waals surface area contributed by atoms with Gasteiger partial charge in [-0.2, -0.15) is 0 Å². The maximum Gasteiger partial charge on any atom is 0.340 e. The molecular formula is C25H34FNO3. The highest BCUT2D eigenvalue weighted by molar-refractivity contribution is 5.98. The number of halogens is 1. The maximum atomic E-state index is 14.5. The van der Waals surface area contributed by atoms with Crippen molar-refractivity contribution in [1.29, 1.82) is 0 Å². The molecule has 1 aromatic carbocycles. The van der Waals surface area contributed by atoms with Crippen molar-refractivity contribution < 1.29 is 13.9 Å². The second-order valence-corrected chi connectivity index (χ2v) is 7.70. The zero-order valence-corrected chi connectivity index (χ0v) is 18.5. The van der Waals surface area contributed by atoms with Crippen LogP contribution in [0.25, 0.3) is 11.1 Å². The van der Waals surface area contributed by atoms with Gasteiger partial charge >= 0.3 is 5.97 Å². The summed E-state index contributed by atoms with van der Waals surface area (Å²) in [4.78, 5) is 25.4. The highest BCUT2D eigenvalue weighted by Gasteiger charge is 2.23. The number of hydrogen-bond acceptors (Lipinski definition) is 3. The predicted molar refractivity (Wildman–Crippen MR) is 119 cm³/mol. The van der Waals surface area contributed by atoms with E-state index in [4.69, 9.17) is 4.74 Å². The number of carbonyl (C=O) groups is 1. The van der Waals surface area contributed by atoms with Crippen molar-refractivity contribution in [3.05, 3.63) is 57.8 Å². The number of hydrogen-bond donors (Lipinski definition) is 0. The van der Waals surface area contributed by atoms with E-state index < -0.39 is 11.8 Å². The van der Waals surface area contributed by atoms with Gasteiger partial charge in [0, 0.05) is 29.9 Å². The fourth-order valence-electron chi connectivity index (χ4n) is 3.79. The first-order valence-electron chi connectivity index (χ1n) is 11.2. The van der Waals surface area contributed by atoms with Crippen LogP contribution >= 0.6 is 0 Å². The number of aromatic nitrogens is 1. The standard InChI is InChI=1S/C25H34FNO3/c1-4-6-7-8-9-10-11-12-17-22-24(25(29)30-5-2)20(18-23(28)27(22)3)19-15-13-14-16-21(19)26/h13-16,18H,4-12,17H2,1-3H3. The lowest BCUT2D eigenvalue weighted by molar-refractivity contribution is 0.0524. The van der Waals surface area contributed by atoms with Crippen LogP contribution in [0.4, 0.5) is 4.39 Å². The monoisotopic (exact) mass is 415 g/mol. The highest BCUT2D eigenvalue weighted by Crippen LogP contribution is 2.29. The normalized spacial score (nSPS) is 10.9. The third-order valence-electron chi connectivity index (χ3n) is 5.47. The van der Waals surface area contributed by atoms with Crippen molar-refractivity contribution >= 4 is 5.97 Å². The molecule has 2 aromatic rings. The number of esters is 1. The Kier molecular flexibility index (Phi) is 9.78. The molecule has 4 nitrogen and oxygen atoms in total. The van der Waals surface area contributed by atoms with Crippen LogP contribution < -0.4 is 5.56 Å². The van der Waals surface area contributed by atoms with Gasteiger partial charge in [0.05, 0.1) is 12.2 Å². The molecule has 0 saturated carbocycles. The summed E-state index contributed by atoms with van der Waals surface area (Å²) in [6.45, 7) is 4.16. The van der Waals surface area contributed by atoms with Crippen molar-refractivity contribution in [1.82, 2.24) is 4.57 Å². The van der Waals surface area contributed by atoms with Gasteiger partial charge in [0.1, 0.15) is 5.82 Å². The second kappa shape index (κ2) is 12.3. The molecular weight excluding hydrogens is 381 g/mol. The van der Waals surface area contributed by atoms with E-state index in [1.165, 1.54) is 48.8 Å². The van der Waals surface area contributed by atoms with E-state index in [-0.39, 0.29) is 17.7 Å². The zero-order valence-electron chi connectivity index (χ0n) is 18.5. The molecule has 0 aliphatic heterocycles. The van der Waals surface area contributed by atoms with Crippen molar-refractivity contribution in [3.63, 3.8) is 0 Å². The molecule has 0 radical (unpaired) electrons. The third-order valence-corrected chi connectivity index (χ3v) is 5.47. The van der Waals surface area contributed by atoms with Crippen LogP contribution in [0, 0.1) is 5.82 Å². The molecule has 0 N–H and O–H groups in total. The van der Waals surface area contributed by atoms with Crippen molar-refractivity contribution in [2.24, 2.45) is 7.05 Å². The summed E-state index contributed by atoms with van der Waals surface area (Å²) in [6.07, 6.45) is 9.89. The van der Waals surface area contributed by atoms with Crippen LogP contribution in [-0.2, 0) is 18.2 Å². The summed E-state index contributed by atoms with van der Waals surface area (Å²) >= 11 is 0. The summed E-state index contributed by atoms with van der Waals surface area (Å²) in [5, 5.41) is 0. The molecule has 0 saturated heterocycles. The van der Waals surface area contributed by atoms with Crippen molar-refractivity contribution in [2.45, 2.75) is 71.6 Å². The molecule has 0 bridgehead atoms. The van der Waals surface area contributed by atoms with Crippen LogP contribution in [0.5, 0.6) is 0 Å². The molecule has 0 spiro atoms. The number of benzene rings is 1. The minimum absolute atomic E-state index is 0.218. The molecule has 0 aliphatic carbocycles. The molecule has 0 atom stereocenters. The van der Waals surface area contributed by atoms with E-state index in [0.717, 1.165) is 19.3 Å². The van der Waals surface area contributed by atoms with Crippen LogP contribution in [-0.4, -0.2) is 17.1 Å². The van der Waals surface area contributed by atoms with Crippen molar-refractivity contribution in [2.75, 3.05) is 6.61 Å². The molecule has 164 valence electrons. The molecule has 2 rings (SSSR count). The summed E-state index contributed by atoms with van der Waals surface area (Å²) < 4.78 is 21.3. The molecule has 30 heavy (non-hydrogen) atoms. The van der Waals surface area contributed by atoms with E-state index in [1.807, 2.05) is 0 Å². The Morgan fingerprint density at radius 1 is 0.967 bits per heavy atom. The van der Waals surface area contributed by atoms with E-state index in [9.17, 15) is 14.0 Å². The first-order valence-corrected chi connectivity index (χ1v) is 11.2. The summed E-state index contributed by atoms with van der Waals surface area (Å²) in [5.41, 5.74) is 1.22. The number of rotatable bonds is 12. The number of carbonyl (C=O) groups excluding carboxylic acids is 1. The lowest BCUT2D eigenvalue weighted by atomic mass is 9.95. The number of ether oxygens (including phenoxy) is 1. The van der Waals surface area contributed by atoms with Gasteiger partial charge in [-0.1, -0.05) is 70.1 Å². The lowest BCUT2D eigenvalue weighted by Crippen LogP contribution is -2.25. The molecule has 1 aromatic heterocycles. The minimum Gasteiger partial charge on any atom is -0.462 e. The van der Waals surface area contributed by atoms with E-state index in [1.54, 1.807) is 32.2 Å². The maximum absolute atomic E-state index is 14.5. The van der Waals surface area contributed by atoms with E-state index in [0.29, 0.717) is 23.2 Å². The summed E-state index contributed by atoms with van der Waals surface area (Å²) in [5.74, 6) is -0.977. The van der Waals surface area contributed by atoms with Gasteiger partial charge in [-0.15, -0.1) is 0 Å².